The number of carbonyl (C=O) groups is 3. The molecule has 0 unspecified atom stereocenters. The Bertz CT molecular complexity index is 2180. The molecule has 284 valence electrons. The summed E-state index contributed by atoms with van der Waals surface area (Å²) in [4.78, 5) is 48.0. The molecule has 0 N–H and O–H groups in total. The van der Waals surface area contributed by atoms with E-state index in [1.165, 1.54) is 29.2 Å². The number of nitro benzene ring substituents is 1. The second-order valence-corrected chi connectivity index (χ2v) is 15.8. The number of aryl methyl sites for hydroxylation is 3. The lowest BCUT2D eigenvalue weighted by molar-refractivity contribution is -0.387. The summed E-state index contributed by atoms with van der Waals surface area (Å²) in [5.41, 5.74) is 2.61. The van der Waals surface area contributed by atoms with Crippen LogP contribution >= 0.6 is 0 Å². The van der Waals surface area contributed by atoms with Crippen LogP contribution in [0.25, 0.3) is 11.1 Å². The predicted molar refractivity (Wildman–Crippen MR) is 200 cm³/mol. The number of benzene rings is 4. The highest BCUT2D eigenvalue weighted by Gasteiger charge is 2.33. The first kappa shape index (κ1) is 39.6. The standard InChI is InChI=1S/C40H42FN3O9S/c1-26-21-32(52-20-19-42-36(45)16-17-37(42)46)22-27(2)39(26)30-10-8-9-28(23-30)25-43(54(50,51)35-12-7-6-11-34(35)44(48)49)31-15-13-29(33(41)24-31)14-18-38(47)53-40(3,4)5/h6-13,15,21-24H,14,16-20,25H2,1-5H3. The summed E-state index contributed by atoms with van der Waals surface area (Å²) < 4.78 is 56.3. The summed E-state index contributed by atoms with van der Waals surface area (Å²) in [6, 6.07) is 19.6. The van der Waals surface area contributed by atoms with E-state index in [9.17, 15) is 32.9 Å². The topological polar surface area (TPSA) is 153 Å². The highest BCUT2D eigenvalue weighted by molar-refractivity contribution is 7.93. The van der Waals surface area contributed by atoms with Crippen molar-refractivity contribution in [1.82, 2.24) is 4.90 Å². The SMILES string of the molecule is Cc1cc(OCCN2C(=O)CCC2=O)cc(C)c1-c1cccc(CN(c2ccc(CCC(=O)OC(C)(C)C)c(F)c2)S(=O)(=O)c2ccccc2[N+](=O)[O-])c1. The van der Waals surface area contributed by atoms with Crippen molar-refractivity contribution in [1.29, 1.82) is 0 Å². The van der Waals surface area contributed by atoms with Gasteiger partial charge in [0, 0.05) is 25.3 Å². The van der Waals surface area contributed by atoms with E-state index in [0.29, 0.717) is 11.3 Å². The highest BCUT2D eigenvalue weighted by atomic mass is 32.2. The molecule has 1 aliphatic rings. The maximum Gasteiger partial charge on any atom is 0.306 e. The van der Waals surface area contributed by atoms with Gasteiger partial charge in [0.05, 0.1) is 23.7 Å². The third kappa shape index (κ3) is 9.29. The van der Waals surface area contributed by atoms with Gasteiger partial charge in [-0.2, -0.15) is 0 Å². The lowest BCUT2D eigenvalue weighted by Crippen LogP contribution is -2.33. The van der Waals surface area contributed by atoms with Crippen LogP contribution in [0.4, 0.5) is 15.8 Å². The van der Waals surface area contributed by atoms with Crippen molar-refractivity contribution in [3.63, 3.8) is 0 Å². The number of hydrogen-bond donors (Lipinski definition) is 0. The molecule has 0 bridgehead atoms. The second-order valence-electron chi connectivity index (χ2n) is 14.0. The first-order valence-corrected chi connectivity index (χ1v) is 18.8. The lowest BCUT2D eigenvalue weighted by atomic mass is 9.94. The monoisotopic (exact) mass is 759 g/mol. The number of imide groups is 1. The number of amides is 2. The van der Waals surface area contributed by atoms with Crippen molar-refractivity contribution in [2.24, 2.45) is 0 Å². The van der Waals surface area contributed by atoms with Crippen LogP contribution in [0, 0.1) is 29.8 Å². The minimum atomic E-state index is -4.64. The number of rotatable bonds is 14. The maximum absolute atomic E-state index is 15.6. The van der Waals surface area contributed by atoms with Gasteiger partial charge in [-0.25, -0.2) is 12.8 Å². The molecule has 1 fully saturated rings. The molecule has 0 spiro atoms. The average molecular weight is 760 g/mol. The Hall–Kier alpha value is -5.63. The molecular formula is C40H42FN3O9S. The Morgan fingerprint density at radius 3 is 2.24 bits per heavy atom. The number of ether oxygens (including phenoxy) is 2. The van der Waals surface area contributed by atoms with Gasteiger partial charge in [-0.15, -0.1) is 0 Å². The Balaban J connectivity index is 1.45. The van der Waals surface area contributed by atoms with Gasteiger partial charge in [-0.05, 0) is 111 Å². The van der Waals surface area contributed by atoms with E-state index in [2.05, 4.69) is 0 Å². The van der Waals surface area contributed by atoms with Gasteiger partial charge in [0.2, 0.25) is 11.8 Å². The average Bonchev–Trinajstić information content (AvgIpc) is 3.41. The second kappa shape index (κ2) is 16.2. The maximum atomic E-state index is 15.6. The zero-order valence-corrected chi connectivity index (χ0v) is 31.6. The smallest absolute Gasteiger partial charge is 0.306 e. The Morgan fingerprint density at radius 1 is 0.944 bits per heavy atom. The number of sulfonamides is 1. The number of hydrogen-bond acceptors (Lipinski definition) is 9. The molecule has 4 aromatic rings. The van der Waals surface area contributed by atoms with Gasteiger partial charge in [0.25, 0.3) is 15.7 Å². The summed E-state index contributed by atoms with van der Waals surface area (Å²) >= 11 is 0. The molecule has 54 heavy (non-hydrogen) atoms. The van der Waals surface area contributed by atoms with Gasteiger partial charge in [-0.1, -0.05) is 36.4 Å². The zero-order valence-electron chi connectivity index (χ0n) is 30.8. The molecule has 0 aromatic heterocycles. The van der Waals surface area contributed by atoms with Crippen LogP contribution in [-0.4, -0.2) is 54.8 Å². The van der Waals surface area contributed by atoms with E-state index in [1.54, 1.807) is 39.0 Å². The number of halogens is 1. The fraction of sp³-hybridized carbons (Fsp3) is 0.325. The first-order chi connectivity index (χ1) is 25.4. The van der Waals surface area contributed by atoms with Gasteiger partial charge < -0.3 is 9.47 Å². The van der Waals surface area contributed by atoms with E-state index in [-0.39, 0.29) is 68.4 Å². The van der Waals surface area contributed by atoms with Gasteiger partial charge in [0.15, 0.2) is 4.90 Å². The van der Waals surface area contributed by atoms with Crippen LogP contribution in [0.5, 0.6) is 5.75 Å². The van der Waals surface area contributed by atoms with Gasteiger partial charge in [-0.3, -0.25) is 33.7 Å². The van der Waals surface area contributed by atoms with Crippen LogP contribution in [0.1, 0.15) is 62.3 Å². The molecule has 5 rings (SSSR count). The summed E-state index contributed by atoms with van der Waals surface area (Å²) in [7, 11) is -4.64. The molecule has 1 aliphatic heterocycles. The number of anilines is 1. The van der Waals surface area contributed by atoms with Crippen LogP contribution in [0.15, 0.2) is 83.8 Å². The van der Waals surface area contributed by atoms with Crippen molar-refractivity contribution < 1.29 is 41.6 Å². The van der Waals surface area contributed by atoms with E-state index < -0.39 is 42.9 Å². The quantitative estimate of drug-likeness (QED) is 0.0562. The number of nitro groups is 1. The molecule has 0 radical (unpaired) electrons. The molecule has 12 nitrogen and oxygen atoms in total. The fourth-order valence-corrected chi connectivity index (χ4v) is 7.97. The molecule has 1 saturated heterocycles. The number of carbonyl (C=O) groups excluding carboxylic acids is 3. The normalized spacial score (nSPS) is 13.3. The minimum absolute atomic E-state index is 0.0142. The van der Waals surface area contributed by atoms with E-state index >= 15 is 4.39 Å². The zero-order chi connectivity index (χ0) is 39.4. The Morgan fingerprint density at radius 2 is 1.61 bits per heavy atom. The molecule has 1 heterocycles. The van der Waals surface area contributed by atoms with E-state index in [4.69, 9.17) is 9.47 Å². The summed E-state index contributed by atoms with van der Waals surface area (Å²) in [6.07, 6.45) is 0.341. The van der Waals surface area contributed by atoms with Crippen molar-refractivity contribution in [3.8, 4) is 16.9 Å². The number of para-hydroxylation sites is 1. The molecular weight excluding hydrogens is 718 g/mol. The fourth-order valence-electron chi connectivity index (χ4n) is 6.36. The Labute approximate surface area is 313 Å². The molecule has 4 aromatic carbocycles. The van der Waals surface area contributed by atoms with E-state index in [0.717, 1.165) is 44.8 Å². The number of esters is 1. The molecule has 2 amide bonds. The Kier molecular flexibility index (Phi) is 11.8. The van der Waals surface area contributed by atoms with Crippen LogP contribution in [0.2, 0.25) is 0 Å². The number of nitrogens with zero attached hydrogens (tertiary/aromatic N) is 3. The summed E-state index contributed by atoms with van der Waals surface area (Å²) in [6.45, 7) is 8.97. The molecule has 0 atom stereocenters. The largest absolute Gasteiger partial charge is 0.492 e. The third-order valence-electron chi connectivity index (χ3n) is 8.76. The molecule has 0 saturated carbocycles. The van der Waals surface area contributed by atoms with Crippen LogP contribution in [0.3, 0.4) is 0 Å². The van der Waals surface area contributed by atoms with E-state index in [1.807, 2.05) is 32.0 Å². The van der Waals surface area contributed by atoms with Crippen molar-refractivity contribution >= 4 is 39.2 Å². The van der Waals surface area contributed by atoms with Crippen molar-refractivity contribution in [2.75, 3.05) is 17.5 Å². The van der Waals surface area contributed by atoms with Crippen LogP contribution < -0.4 is 9.04 Å². The van der Waals surface area contributed by atoms with Crippen LogP contribution in [-0.2, 0) is 42.1 Å². The molecule has 14 heteroatoms. The molecule has 0 aliphatic carbocycles. The first-order valence-electron chi connectivity index (χ1n) is 17.4. The van der Waals surface area contributed by atoms with Crippen molar-refractivity contribution in [3.05, 3.63) is 117 Å². The lowest BCUT2D eigenvalue weighted by Gasteiger charge is -2.25. The summed E-state index contributed by atoms with van der Waals surface area (Å²) in [5, 5.41) is 11.9. The number of likely N-dealkylation sites (tertiary alicyclic amines) is 1. The highest BCUT2D eigenvalue weighted by Crippen LogP contribution is 2.35. The predicted octanol–water partition coefficient (Wildman–Crippen LogP) is 7.22. The minimum Gasteiger partial charge on any atom is -0.492 e. The third-order valence-corrected chi connectivity index (χ3v) is 10.6. The van der Waals surface area contributed by atoms with Gasteiger partial charge in [0.1, 0.15) is 23.8 Å². The van der Waals surface area contributed by atoms with Gasteiger partial charge >= 0.3 is 5.97 Å². The summed E-state index contributed by atoms with van der Waals surface area (Å²) in [5.74, 6) is -1.12. The van der Waals surface area contributed by atoms with Crippen molar-refractivity contribution in [2.45, 2.75) is 77.3 Å².